The van der Waals surface area contributed by atoms with Crippen LogP contribution < -0.4 is 5.73 Å². The van der Waals surface area contributed by atoms with Gasteiger partial charge in [0.25, 0.3) is 0 Å². The SMILES string of the molecule is Nc1nccc(-c2c(O)[nH]c3ccc(F)cc23)n1. The number of nitrogens with two attached hydrogens (primary N) is 1. The molecule has 0 spiro atoms. The lowest BCUT2D eigenvalue weighted by Gasteiger charge is -2.00. The number of hydrogen-bond donors (Lipinski definition) is 3. The van der Waals surface area contributed by atoms with Gasteiger partial charge in [0.2, 0.25) is 5.95 Å². The average molecular weight is 244 g/mol. The van der Waals surface area contributed by atoms with Gasteiger partial charge in [0.05, 0.1) is 11.3 Å². The van der Waals surface area contributed by atoms with Crippen LogP contribution >= 0.6 is 0 Å². The molecule has 0 amide bonds. The third-order valence-corrected chi connectivity index (χ3v) is 2.67. The maximum absolute atomic E-state index is 13.3. The smallest absolute Gasteiger partial charge is 0.220 e. The van der Waals surface area contributed by atoms with Gasteiger partial charge in [-0.05, 0) is 24.3 Å². The van der Waals surface area contributed by atoms with E-state index in [1.165, 1.54) is 18.3 Å². The second-order valence-electron chi connectivity index (χ2n) is 3.84. The van der Waals surface area contributed by atoms with Crippen molar-refractivity contribution in [1.29, 1.82) is 0 Å². The van der Waals surface area contributed by atoms with Crippen molar-refractivity contribution < 1.29 is 9.50 Å². The lowest BCUT2D eigenvalue weighted by atomic mass is 10.1. The summed E-state index contributed by atoms with van der Waals surface area (Å²) in [5.74, 6) is -0.365. The molecule has 90 valence electrons. The van der Waals surface area contributed by atoms with E-state index in [4.69, 9.17) is 5.73 Å². The molecule has 0 aliphatic carbocycles. The first-order valence-electron chi connectivity index (χ1n) is 5.24. The molecule has 0 saturated carbocycles. The standard InChI is InChI=1S/C12H9FN4O/c13-6-1-2-8-7(5-6)10(11(18)16-8)9-3-4-15-12(14)17-9/h1-5,16,18H,(H2,14,15,17). The summed E-state index contributed by atoms with van der Waals surface area (Å²) in [5.41, 5.74) is 6.98. The summed E-state index contributed by atoms with van der Waals surface area (Å²) < 4.78 is 13.3. The summed E-state index contributed by atoms with van der Waals surface area (Å²) in [6.45, 7) is 0. The number of hydrogen-bond acceptors (Lipinski definition) is 4. The molecule has 0 saturated heterocycles. The Kier molecular flexibility index (Phi) is 2.16. The number of halogens is 1. The number of aromatic hydroxyl groups is 1. The van der Waals surface area contributed by atoms with Crippen LogP contribution in [0.2, 0.25) is 0 Å². The molecule has 3 rings (SSSR count). The molecular weight excluding hydrogens is 235 g/mol. The Bertz CT molecular complexity index is 738. The molecule has 0 aliphatic rings. The van der Waals surface area contributed by atoms with Crippen LogP contribution in [0.5, 0.6) is 5.88 Å². The van der Waals surface area contributed by atoms with Gasteiger partial charge in [-0.25, -0.2) is 14.4 Å². The molecule has 0 aliphatic heterocycles. The highest BCUT2D eigenvalue weighted by atomic mass is 19.1. The molecule has 5 nitrogen and oxygen atoms in total. The molecule has 0 radical (unpaired) electrons. The molecule has 0 atom stereocenters. The molecule has 4 N–H and O–H groups in total. The molecule has 0 fully saturated rings. The third-order valence-electron chi connectivity index (χ3n) is 2.67. The molecule has 0 unspecified atom stereocenters. The normalized spacial score (nSPS) is 10.9. The highest BCUT2D eigenvalue weighted by Gasteiger charge is 2.14. The summed E-state index contributed by atoms with van der Waals surface area (Å²) in [7, 11) is 0. The van der Waals surface area contributed by atoms with E-state index in [0.29, 0.717) is 22.2 Å². The summed E-state index contributed by atoms with van der Waals surface area (Å²) in [6, 6.07) is 5.80. The van der Waals surface area contributed by atoms with E-state index in [9.17, 15) is 9.50 Å². The predicted octanol–water partition coefficient (Wildman–Crippen LogP) is 2.05. The number of nitrogen functional groups attached to an aromatic ring is 1. The lowest BCUT2D eigenvalue weighted by molar-refractivity contribution is 0.460. The summed E-state index contributed by atoms with van der Waals surface area (Å²) >= 11 is 0. The first kappa shape index (κ1) is 10.5. The van der Waals surface area contributed by atoms with E-state index in [1.54, 1.807) is 12.1 Å². The third kappa shape index (κ3) is 1.55. The topological polar surface area (TPSA) is 87.8 Å². The number of fused-ring (bicyclic) bond motifs is 1. The molecule has 18 heavy (non-hydrogen) atoms. The van der Waals surface area contributed by atoms with Crippen molar-refractivity contribution in [2.45, 2.75) is 0 Å². The number of nitrogens with one attached hydrogen (secondary N) is 1. The molecule has 2 heterocycles. The summed E-state index contributed by atoms with van der Waals surface area (Å²) in [5, 5.41) is 10.4. The van der Waals surface area contributed by atoms with Crippen LogP contribution in [0.1, 0.15) is 0 Å². The number of rotatable bonds is 1. The number of benzene rings is 1. The Morgan fingerprint density at radius 2 is 2.11 bits per heavy atom. The molecular formula is C12H9FN4O. The Morgan fingerprint density at radius 1 is 1.28 bits per heavy atom. The van der Waals surface area contributed by atoms with Crippen LogP contribution in [-0.4, -0.2) is 20.1 Å². The Morgan fingerprint density at radius 3 is 2.89 bits per heavy atom. The number of nitrogens with zero attached hydrogens (tertiary/aromatic N) is 2. The van der Waals surface area contributed by atoms with Gasteiger partial charge in [-0.2, -0.15) is 0 Å². The fourth-order valence-corrected chi connectivity index (χ4v) is 1.92. The zero-order valence-electron chi connectivity index (χ0n) is 9.18. The second-order valence-corrected chi connectivity index (χ2v) is 3.84. The number of aromatic nitrogens is 3. The minimum absolute atomic E-state index is 0.0753. The van der Waals surface area contributed by atoms with Gasteiger partial charge >= 0.3 is 0 Å². The quantitative estimate of drug-likeness (QED) is 0.611. The number of H-pyrrole nitrogens is 1. The fraction of sp³-hybridized carbons (Fsp3) is 0. The first-order valence-corrected chi connectivity index (χ1v) is 5.24. The maximum atomic E-state index is 13.3. The van der Waals surface area contributed by atoms with E-state index >= 15 is 0 Å². The summed E-state index contributed by atoms with van der Waals surface area (Å²) in [6.07, 6.45) is 1.48. The minimum Gasteiger partial charge on any atom is -0.494 e. The highest BCUT2D eigenvalue weighted by Crippen LogP contribution is 2.35. The zero-order chi connectivity index (χ0) is 12.7. The van der Waals surface area contributed by atoms with Crippen LogP contribution in [0.3, 0.4) is 0 Å². The maximum Gasteiger partial charge on any atom is 0.220 e. The molecule has 1 aromatic carbocycles. The van der Waals surface area contributed by atoms with Crippen molar-refractivity contribution in [3.63, 3.8) is 0 Å². The van der Waals surface area contributed by atoms with Crippen molar-refractivity contribution in [2.24, 2.45) is 0 Å². The van der Waals surface area contributed by atoms with Gasteiger partial charge in [0.1, 0.15) is 5.82 Å². The van der Waals surface area contributed by atoms with Crippen LogP contribution in [0, 0.1) is 5.82 Å². The first-order chi connectivity index (χ1) is 8.65. The number of anilines is 1. The molecule has 2 aromatic heterocycles. The second kappa shape index (κ2) is 3.69. The molecule has 6 heteroatoms. The van der Waals surface area contributed by atoms with Gasteiger partial charge in [-0.15, -0.1) is 0 Å². The zero-order valence-corrected chi connectivity index (χ0v) is 9.18. The minimum atomic E-state index is -0.384. The Hall–Kier alpha value is -2.63. The predicted molar refractivity (Wildman–Crippen MR) is 65.4 cm³/mol. The Balaban J connectivity index is 2.34. The lowest BCUT2D eigenvalue weighted by Crippen LogP contribution is -1.94. The largest absolute Gasteiger partial charge is 0.494 e. The van der Waals surface area contributed by atoms with Gasteiger partial charge in [-0.3, -0.25) is 0 Å². The van der Waals surface area contributed by atoms with Gasteiger partial charge < -0.3 is 15.8 Å². The van der Waals surface area contributed by atoms with Crippen molar-refractivity contribution >= 4 is 16.9 Å². The van der Waals surface area contributed by atoms with Crippen LogP contribution in [0.25, 0.3) is 22.2 Å². The van der Waals surface area contributed by atoms with Gasteiger partial charge in [0.15, 0.2) is 5.88 Å². The van der Waals surface area contributed by atoms with Crippen molar-refractivity contribution in [2.75, 3.05) is 5.73 Å². The molecule has 3 aromatic rings. The number of aromatic amines is 1. The van der Waals surface area contributed by atoms with E-state index in [-0.39, 0.29) is 17.6 Å². The van der Waals surface area contributed by atoms with Crippen molar-refractivity contribution in [3.05, 3.63) is 36.3 Å². The molecule has 0 bridgehead atoms. The fourth-order valence-electron chi connectivity index (χ4n) is 1.92. The van der Waals surface area contributed by atoms with Gasteiger partial charge in [0, 0.05) is 17.1 Å². The van der Waals surface area contributed by atoms with E-state index in [1.807, 2.05) is 0 Å². The van der Waals surface area contributed by atoms with Gasteiger partial charge in [-0.1, -0.05) is 0 Å². The van der Waals surface area contributed by atoms with E-state index in [2.05, 4.69) is 15.0 Å². The van der Waals surface area contributed by atoms with Crippen molar-refractivity contribution in [3.8, 4) is 17.1 Å². The van der Waals surface area contributed by atoms with E-state index in [0.717, 1.165) is 0 Å². The van der Waals surface area contributed by atoms with Crippen molar-refractivity contribution in [1.82, 2.24) is 15.0 Å². The summed E-state index contributed by atoms with van der Waals surface area (Å²) in [4.78, 5) is 10.6. The van der Waals surface area contributed by atoms with E-state index < -0.39 is 0 Å². The average Bonchev–Trinajstić information content (AvgIpc) is 2.64. The van der Waals surface area contributed by atoms with Crippen LogP contribution in [0.15, 0.2) is 30.5 Å². The Labute approximate surface area is 101 Å². The van der Waals surface area contributed by atoms with Crippen LogP contribution in [-0.2, 0) is 0 Å². The monoisotopic (exact) mass is 244 g/mol. The highest BCUT2D eigenvalue weighted by molar-refractivity contribution is 5.98. The van der Waals surface area contributed by atoms with Crippen LogP contribution in [0.4, 0.5) is 10.3 Å².